The monoisotopic (exact) mass is 204 g/mol. The summed E-state index contributed by atoms with van der Waals surface area (Å²) < 4.78 is 9.98. The minimum Gasteiger partial charge on any atom is -0.486 e. The second-order valence-corrected chi connectivity index (χ2v) is 3.96. The molecule has 76 valence electrons. The SMILES string of the molecule is CCOC(=O)C(C)(C)COC(C)=S. The summed E-state index contributed by atoms with van der Waals surface area (Å²) in [5.41, 5.74) is -0.629. The van der Waals surface area contributed by atoms with Crippen LogP contribution in [0.25, 0.3) is 0 Å². The van der Waals surface area contributed by atoms with Gasteiger partial charge < -0.3 is 9.47 Å². The molecule has 4 heteroatoms. The van der Waals surface area contributed by atoms with Crippen molar-refractivity contribution in [3.63, 3.8) is 0 Å². The molecule has 0 aromatic rings. The second kappa shape index (κ2) is 5.17. The molecule has 0 spiro atoms. The molecule has 13 heavy (non-hydrogen) atoms. The Morgan fingerprint density at radius 2 is 1.92 bits per heavy atom. The van der Waals surface area contributed by atoms with Crippen LogP contribution in [-0.2, 0) is 14.3 Å². The lowest BCUT2D eigenvalue weighted by Gasteiger charge is -2.21. The Morgan fingerprint density at radius 1 is 1.38 bits per heavy atom. The number of esters is 1. The van der Waals surface area contributed by atoms with Gasteiger partial charge in [0.1, 0.15) is 6.61 Å². The Kier molecular flexibility index (Phi) is 4.91. The highest BCUT2D eigenvalue weighted by Crippen LogP contribution is 2.17. The summed E-state index contributed by atoms with van der Waals surface area (Å²) in [5.74, 6) is -0.258. The van der Waals surface area contributed by atoms with Crippen LogP contribution in [0.1, 0.15) is 27.7 Å². The van der Waals surface area contributed by atoms with Crippen LogP contribution in [0.5, 0.6) is 0 Å². The van der Waals surface area contributed by atoms with Gasteiger partial charge in [-0.1, -0.05) is 0 Å². The van der Waals surface area contributed by atoms with E-state index in [1.54, 1.807) is 27.7 Å². The molecule has 0 saturated heterocycles. The molecule has 0 aromatic heterocycles. The summed E-state index contributed by atoms with van der Waals surface area (Å²) in [6, 6.07) is 0. The molecule has 0 bridgehead atoms. The molecule has 3 nitrogen and oxygen atoms in total. The predicted octanol–water partition coefficient (Wildman–Crippen LogP) is 1.94. The van der Waals surface area contributed by atoms with Gasteiger partial charge in [0.15, 0.2) is 5.05 Å². The van der Waals surface area contributed by atoms with E-state index in [1.165, 1.54) is 0 Å². The van der Waals surface area contributed by atoms with E-state index < -0.39 is 5.41 Å². The van der Waals surface area contributed by atoms with Crippen molar-refractivity contribution < 1.29 is 14.3 Å². The first-order valence-electron chi connectivity index (χ1n) is 4.20. The number of thiocarbonyl (C=S) groups is 1. The minimum atomic E-state index is -0.629. The molecule has 0 atom stereocenters. The van der Waals surface area contributed by atoms with E-state index in [4.69, 9.17) is 21.7 Å². The lowest BCUT2D eigenvalue weighted by Crippen LogP contribution is -2.32. The van der Waals surface area contributed by atoms with Crippen molar-refractivity contribution in [1.82, 2.24) is 0 Å². The fourth-order valence-electron chi connectivity index (χ4n) is 0.667. The van der Waals surface area contributed by atoms with E-state index in [9.17, 15) is 4.79 Å². The zero-order valence-corrected chi connectivity index (χ0v) is 9.36. The first-order valence-corrected chi connectivity index (χ1v) is 4.61. The zero-order chi connectivity index (χ0) is 10.5. The van der Waals surface area contributed by atoms with Crippen LogP contribution in [0.3, 0.4) is 0 Å². The molecule has 0 N–H and O–H groups in total. The molecule has 0 aromatic carbocycles. The Labute approximate surface area is 84.4 Å². The Bertz CT molecular complexity index is 199. The van der Waals surface area contributed by atoms with Gasteiger partial charge in [-0.3, -0.25) is 4.79 Å². The molecule has 0 radical (unpaired) electrons. The summed E-state index contributed by atoms with van der Waals surface area (Å²) in [7, 11) is 0. The highest BCUT2D eigenvalue weighted by Gasteiger charge is 2.30. The summed E-state index contributed by atoms with van der Waals surface area (Å²) in [4.78, 5) is 11.3. The van der Waals surface area contributed by atoms with Gasteiger partial charge in [-0.25, -0.2) is 0 Å². The molecular formula is C9H16O3S. The molecule has 0 fully saturated rings. The van der Waals surface area contributed by atoms with Crippen LogP contribution in [0, 0.1) is 5.41 Å². The van der Waals surface area contributed by atoms with Crippen molar-refractivity contribution >= 4 is 23.2 Å². The Balaban J connectivity index is 4.05. The van der Waals surface area contributed by atoms with E-state index in [1.807, 2.05) is 0 Å². The van der Waals surface area contributed by atoms with Crippen LogP contribution >= 0.6 is 12.2 Å². The van der Waals surface area contributed by atoms with E-state index in [2.05, 4.69) is 0 Å². The van der Waals surface area contributed by atoms with Crippen LogP contribution in [0.4, 0.5) is 0 Å². The first kappa shape index (κ1) is 12.4. The van der Waals surface area contributed by atoms with Gasteiger partial charge >= 0.3 is 5.97 Å². The maximum absolute atomic E-state index is 11.3. The van der Waals surface area contributed by atoms with Crippen LogP contribution < -0.4 is 0 Å². The molecule has 0 rings (SSSR count). The number of carbonyl (C=O) groups is 1. The molecular weight excluding hydrogens is 188 g/mol. The van der Waals surface area contributed by atoms with E-state index in [0.29, 0.717) is 11.7 Å². The average molecular weight is 204 g/mol. The summed E-state index contributed by atoms with van der Waals surface area (Å²) in [6.45, 7) is 7.64. The number of ether oxygens (including phenoxy) is 2. The third-order valence-corrected chi connectivity index (χ3v) is 1.58. The van der Waals surface area contributed by atoms with Crippen molar-refractivity contribution in [2.45, 2.75) is 27.7 Å². The molecule has 0 amide bonds. The van der Waals surface area contributed by atoms with Crippen molar-refractivity contribution in [2.24, 2.45) is 5.41 Å². The summed E-state index contributed by atoms with van der Waals surface area (Å²) in [5, 5.41) is 0.442. The van der Waals surface area contributed by atoms with E-state index in [0.717, 1.165) is 0 Å². The quantitative estimate of drug-likeness (QED) is 0.518. The third-order valence-electron chi connectivity index (χ3n) is 1.46. The predicted molar refractivity (Wildman–Crippen MR) is 54.6 cm³/mol. The highest BCUT2D eigenvalue weighted by molar-refractivity contribution is 7.80. The Hall–Kier alpha value is -0.640. The lowest BCUT2D eigenvalue weighted by atomic mass is 9.95. The molecule has 0 aliphatic rings. The van der Waals surface area contributed by atoms with Gasteiger partial charge in [0, 0.05) is 6.92 Å². The summed E-state index contributed by atoms with van der Waals surface area (Å²) >= 11 is 4.74. The third kappa shape index (κ3) is 4.83. The average Bonchev–Trinajstić information content (AvgIpc) is 2.01. The van der Waals surface area contributed by atoms with Gasteiger partial charge in [0.25, 0.3) is 0 Å². The largest absolute Gasteiger partial charge is 0.486 e. The summed E-state index contributed by atoms with van der Waals surface area (Å²) in [6.07, 6.45) is 0. The standard InChI is InChI=1S/C9H16O3S/c1-5-11-8(10)9(3,4)6-12-7(2)13/h5-6H2,1-4H3. The first-order chi connectivity index (χ1) is 5.90. The molecule has 0 aliphatic carbocycles. The smallest absolute Gasteiger partial charge is 0.314 e. The number of carbonyl (C=O) groups excluding carboxylic acids is 1. The molecule has 0 heterocycles. The highest BCUT2D eigenvalue weighted by atomic mass is 32.1. The Morgan fingerprint density at radius 3 is 2.31 bits per heavy atom. The number of rotatable bonds is 4. The maximum Gasteiger partial charge on any atom is 0.314 e. The lowest BCUT2D eigenvalue weighted by molar-refractivity contribution is -0.155. The van der Waals surface area contributed by atoms with Crippen molar-refractivity contribution in [3.05, 3.63) is 0 Å². The van der Waals surface area contributed by atoms with Crippen LogP contribution in [0.2, 0.25) is 0 Å². The maximum atomic E-state index is 11.3. The molecule has 0 unspecified atom stereocenters. The van der Waals surface area contributed by atoms with Crippen LogP contribution in [-0.4, -0.2) is 24.2 Å². The molecule has 0 saturated carbocycles. The van der Waals surface area contributed by atoms with Crippen molar-refractivity contribution in [2.75, 3.05) is 13.2 Å². The van der Waals surface area contributed by atoms with Gasteiger partial charge in [0.05, 0.1) is 12.0 Å². The number of hydrogen-bond acceptors (Lipinski definition) is 4. The normalized spacial score (nSPS) is 10.8. The molecule has 0 aliphatic heterocycles. The van der Waals surface area contributed by atoms with Crippen LogP contribution in [0.15, 0.2) is 0 Å². The minimum absolute atomic E-state index is 0.258. The second-order valence-electron chi connectivity index (χ2n) is 3.38. The van der Waals surface area contributed by atoms with Gasteiger partial charge in [-0.05, 0) is 33.0 Å². The zero-order valence-electron chi connectivity index (χ0n) is 8.55. The van der Waals surface area contributed by atoms with Gasteiger partial charge in [0.2, 0.25) is 0 Å². The van der Waals surface area contributed by atoms with Crippen molar-refractivity contribution in [3.8, 4) is 0 Å². The fourth-order valence-corrected chi connectivity index (χ4v) is 0.726. The van der Waals surface area contributed by atoms with E-state index >= 15 is 0 Å². The van der Waals surface area contributed by atoms with Gasteiger partial charge in [-0.2, -0.15) is 0 Å². The van der Waals surface area contributed by atoms with Crippen molar-refractivity contribution in [1.29, 1.82) is 0 Å². The van der Waals surface area contributed by atoms with E-state index in [-0.39, 0.29) is 12.6 Å². The number of hydrogen-bond donors (Lipinski definition) is 0. The fraction of sp³-hybridized carbons (Fsp3) is 0.778. The topological polar surface area (TPSA) is 35.5 Å². The van der Waals surface area contributed by atoms with Gasteiger partial charge in [-0.15, -0.1) is 0 Å².